The Hall–Kier alpha value is 0.1000. The van der Waals surface area contributed by atoms with Crippen LogP contribution in [0.5, 0.6) is 0 Å². The molecule has 0 amide bonds. The predicted molar refractivity (Wildman–Crippen MR) is 74.0 cm³/mol. The minimum absolute atomic E-state index is 0.790. The van der Waals surface area contributed by atoms with Crippen LogP contribution in [0.3, 0.4) is 0 Å². The van der Waals surface area contributed by atoms with E-state index < -0.39 is 0 Å². The van der Waals surface area contributed by atoms with E-state index in [1.165, 1.54) is 35.0 Å². The number of hydrogen-bond donors (Lipinski definition) is 2. The fourth-order valence-corrected chi connectivity index (χ4v) is 3.57. The van der Waals surface area contributed by atoms with Gasteiger partial charge in [0.1, 0.15) is 0 Å². The summed E-state index contributed by atoms with van der Waals surface area (Å²) in [5.74, 6) is 0. The molecular formula is C12H19BrN2S. The minimum Gasteiger partial charge on any atom is -0.313 e. The smallest absolute Gasteiger partial charge is 0.0300 e. The van der Waals surface area contributed by atoms with Crippen molar-refractivity contribution < 1.29 is 0 Å². The molecule has 1 aromatic heterocycles. The third-order valence-electron chi connectivity index (χ3n) is 3.01. The van der Waals surface area contributed by atoms with E-state index in [4.69, 9.17) is 0 Å². The summed E-state index contributed by atoms with van der Waals surface area (Å²) in [5, 5.41) is 9.20. The van der Waals surface area contributed by atoms with E-state index in [0.717, 1.165) is 25.7 Å². The maximum absolute atomic E-state index is 3.60. The minimum atomic E-state index is 0.790. The molecule has 2 nitrogen and oxygen atoms in total. The van der Waals surface area contributed by atoms with Crippen LogP contribution in [0, 0.1) is 0 Å². The fraction of sp³-hybridized carbons (Fsp3) is 0.667. The van der Waals surface area contributed by atoms with Gasteiger partial charge in [-0.3, -0.25) is 0 Å². The van der Waals surface area contributed by atoms with Crippen LogP contribution in [0.4, 0.5) is 0 Å². The molecule has 4 heteroatoms. The van der Waals surface area contributed by atoms with Crippen molar-refractivity contribution in [3.05, 3.63) is 20.8 Å². The highest BCUT2D eigenvalue weighted by Crippen LogP contribution is 2.19. The van der Waals surface area contributed by atoms with E-state index in [-0.39, 0.29) is 0 Å². The molecule has 2 N–H and O–H groups in total. The van der Waals surface area contributed by atoms with Gasteiger partial charge < -0.3 is 10.6 Å². The number of rotatable bonds is 6. The van der Waals surface area contributed by atoms with Gasteiger partial charge in [0.2, 0.25) is 0 Å². The lowest BCUT2D eigenvalue weighted by Gasteiger charge is -2.11. The van der Waals surface area contributed by atoms with E-state index in [2.05, 4.69) is 38.0 Å². The first-order chi connectivity index (χ1) is 7.84. The van der Waals surface area contributed by atoms with Crippen molar-refractivity contribution in [1.29, 1.82) is 0 Å². The molecule has 0 aromatic carbocycles. The summed E-state index contributed by atoms with van der Waals surface area (Å²) in [7, 11) is 0. The molecule has 0 unspecified atom stereocenters. The molecule has 90 valence electrons. The van der Waals surface area contributed by atoms with E-state index in [1.54, 1.807) is 11.3 Å². The number of halogens is 1. The van der Waals surface area contributed by atoms with Crippen LogP contribution in [0.25, 0.3) is 0 Å². The second kappa shape index (κ2) is 6.74. The zero-order valence-corrected chi connectivity index (χ0v) is 11.9. The van der Waals surface area contributed by atoms with Crippen LogP contribution < -0.4 is 10.6 Å². The SMILES string of the molecule is Brc1csc(CNCCNC2CCCC2)c1. The van der Waals surface area contributed by atoms with Crippen LogP contribution in [-0.4, -0.2) is 19.1 Å². The van der Waals surface area contributed by atoms with Crippen molar-refractivity contribution in [3.8, 4) is 0 Å². The summed E-state index contributed by atoms with van der Waals surface area (Å²) in [6.07, 6.45) is 5.57. The van der Waals surface area contributed by atoms with Crippen LogP contribution in [0.2, 0.25) is 0 Å². The number of nitrogens with one attached hydrogen (secondary N) is 2. The average molecular weight is 303 g/mol. The zero-order valence-electron chi connectivity index (χ0n) is 9.47. The van der Waals surface area contributed by atoms with Gasteiger partial charge in [0.05, 0.1) is 0 Å². The van der Waals surface area contributed by atoms with Crippen LogP contribution in [-0.2, 0) is 6.54 Å². The van der Waals surface area contributed by atoms with Gasteiger partial charge in [-0.05, 0) is 34.8 Å². The first-order valence-corrected chi connectivity index (χ1v) is 7.69. The monoisotopic (exact) mass is 302 g/mol. The molecule has 1 heterocycles. The maximum Gasteiger partial charge on any atom is 0.0300 e. The third-order valence-corrected chi connectivity index (χ3v) is 4.71. The Kier molecular flexibility index (Phi) is 5.29. The third kappa shape index (κ3) is 4.17. The van der Waals surface area contributed by atoms with Gasteiger partial charge in [0, 0.05) is 40.4 Å². The van der Waals surface area contributed by atoms with E-state index in [1.807, 2.05) is 0 Å². The van der Waals surface area contributed by atoms with Crippen molar-refractivity contribution in [2.45, 2.75) is 38.3 Å². The van der Waals surface area contributed by atoms with E-state index in [9.17, 15) is 0 Å². The van der Waals surface area contributed by atoms with Gasteiger partial charge in [-0.2, -0.15) is 0 Å². The van der Waals surface area contributed by atoms with Crippen molar-refractivity contribution in [2.24, 2.45) is 0 Å². The van der Waals surface area contributed by atoms with Gasteiger partial charge in [0.15, 0.2) is 0 Å². The molecule has 1 aromatic rings. The van der Waals surface area contributed by atoms with Crippen LogP contribution in [0.15, 0.2) is 15.9 Å². The van der Waals surface area contributed by atoms with E-state index in [0.29, 0.717) is 0 Å². The van der Waals surface area contributed by atoms with Gasteiger partial charge in [-0.1, -0.05) is 12.8 Å². The van der Waals surface area contributed by atoms with Crippen LogP contribution >= 0.6 is 27.3 Å². The molecule has 1 aliphatic carbocycles. The summed E-state index contributed by atoms with van der Waals surface area (Å²) in [5.41, 5.74) is 0. The standard InChI is InChI=1S/C12H19BrN2S/c13-10-7-12(16-9-10)8-14-5-6-15-11-3-1-2-4-11/h7,9,11,14-15H,1-6,8H2. The summed E-state index contributed by atoms with van der Waals surface area (Å²) in [6.45, 7) is 3.14. The summed E-state index contributed by atoms with van der Waals surface area (Å²) >= 11 is 5.27. The topological polar surface area (TPSA) is 24.1 Å². The molecule has 0 bridgehead atoms. The lowest BCUT2D eigenvalue weighted by Crippen LogP contribution is -2.33. The number of thiophene rings is 1. The zero-order chi connectivity index (χ0) is 11.2. The lowest BCUT2D eigenvalue weighted by atomic mass is 10.2. The maximum atomic E-state index is 3.60. The lowest BCUT2D eigenvalue weighted by molar-refractivity contribution is 0.509. The Bertz CT molecular complexity index is 308. The molecule has 0 atom stereocenters. The summed E-state index contributed by atoms with van der Waals surface area (Å²) in [6, 6.07) is 2.97. The second-order valence-corrected chi connectivity index (χ2v) is 6.25. The van der Waals surface area contributed by atoms with Gasteiger partial charge in [-0.25, -0.2) is 0 Å². The van der Waals surface area contributed by atoms with Gasteiger partial charge >= 0.3 is 0 Å². The molecule has 16 heavy (non-hydrogen) atoms. The molecule has 0 saturated heterocycles. The van der Waals surface area contributed by atoms with Crippen LogP contribution in [0.1, 0.15) is 30.6 Å². The molecule has 0 radical (unpaired) electrons. The Labute approximate surface area is 110 Å². The highest BCUT2D eigenvalue weighted by atomic mass is 79.9. The molecular weight excluding hydrogens is 284 g/mol. The van der Waals surface area contributed by atoms with Crippen molar-refractivity contribution >= 4 is 27.3 Å². The van der Waals surface area contributed by atoms with Gasteiger partial charge in [-0.15, -0.1) is 11.3 Å². The molecule has 1 aliphatic rings. The summed E-state index contributed by atoms with van der Waals surface area (Å²) in [4.78, 5) is 1.40. The van der Waals surface area contributed by atoms with Crippen molar-refractivity contribution in [1.82, 2.24) is 10.6 Å². The number of hydrogen-bond acceptors (Lipinski definition) is 3. The molecule has 1 saturated carbocycles. The summed E-state index contributed by atoms with van der Waals surface area (Å²) < 4.78 is 1.19. The fourth-order valence-electron chi connectivity index (χ4n) is 2.15. The Balaban J connectivity index is 1.51. The largest absolute Gasteiger partial charge is 0.313 e. The van der Waals surface area contributed by atoms with Crippen molar-refractivity contribution in [2.75, 3.05) is 13.1 Å². The first-order valence-electron chi connectivity index (χ1n) is 6.01. The quantitative estimate of drug-likeness (QED) is 0.789. The first kappa shape index (κ1) is 12.6. The molecule has 0 spiro atoms. The highest BCUT2D eigenvalue weighted by molar-refractivity contribution is 9.10. The Morgan fingerprint density at radius 3 is 2.81 bits per heavy atom. The Morgan fingerprint density at radius 1 is 1.31 bits per heavy atom. The molecule has 2 rings (SSSR count). The second-order valence-electron chi connectivity index (χ2n) is 4.34. The molecule has 0 aliphatic heterocycles. The normalized spacial score (nSPS) is 17.1. The van der Waals surface area contributed by atoms with E-state index >= 15 is 0 Å². The van der Waals surface area contributed by atoms with Gasteiger partial charge in [0.25, 0.3) is 0 Å². The Morgan fingerprint density at radius 2 is 2.12 bits per heavy atom. The average Bonchev–Trinajstić information content (AvgIpc) is 2.89. The molecule has 1 fully saturated rings. The van der Waals surface area contributed by atoms with Crippen molar-refractivity contribution in [3.63, 3.8) is 0 Å². The highest BCUT2D eigenvalue weighted by Gasteiger charge is 2.12. The predicted octanol–water partition coefficient (Wildman–Crippen LogP) is 3.13.